The first-order valence-electron chi connectivity index (χ1n) is 6.67. The molecule has 0 aliphatic heterocycles. The van der Waals surface area contributed by atoms with E-state index in [0.717, 1.165) is 40.0 Å². The number of carbonyl (C=O) groups excluding carboxylic acids is 1. The zero-order valence-electron chi connectivity index (χ0n) is 11.6. The summed E-state index contributed by atoms with van der Waals surface area (Å²) in [7, 11) is 1.64. The molecule has 0 fully saturated rings. The molecule has 0 radical (unpaired) electrons. The Bertz CT molecular complexity index is 688. The molecule has 3 rings (SSSR count). The van der Waals surface area contributed by atoms with E-state index in [1.807, 2.05) is 29.6 Å². The van der Waals surface area contributed by atoms with E-state index >= 15 is 0 Å². The number of aldehydes is 1. The highest BCUT2D eigenvalue weighted by Gasteiger charge is 2.28. The maximum Gasteiger partial charge on any atom is 0.160 e. The van der Waals surface area contributed by atoms with Crippen LogP contribution in [0.3, 0.4) is 0 Å². The number of rotatable bonds is 3. The molecule has 1 atom stereocenters. The largest absolute Gasteiger partial charge is 0.497 e. The molecule has 1 unspecified atom stereocenters. The fourth-order valence-corrected chi connectivity index (χ4v) is 3.73. The van der Waals surface area contributed by atoms with Gasteiger partial charge in [-0.25, -0.2) is 0 Å². The van der Waals surface area contributed by atoms with Crippen LogP contribution < -0.4 is 4.74 Å². The number of thiophene rings is 1. The van der Waals surface area contributed by atoms with Gasteiger partial charge in [-0.05, 0) is 35.6 Å². The third-order valence-electron chi connectivity index (χ3n) is 3.94. The van der Waals surface area contributed by atoms with Crippen molar-refractivity contribution in [1.29, 1.82) is 0 Å². The molecule has 5 heteroatoms. The fourth-order valence-electron chi connectivity index (χ4n) is 2.82. The predicted octanol–water partition coefficient (Wildman–Crippen LogP) is 3.48. The van der Waals surface area contributed by atoms with Gasteiger partial charge >= 0.3 is 0 Å². The van der Waals surface area contributed by atoms with E-state index in [9.17, 15) is 10.0 Å². The zero-order valence-corrected chi connectivity index (χ0v) is 12.4. The van der Waals surface area contributed by atoms with Gasteiger partial charge < -0.3 is 9.94 Å². The molecule has 1 aliphatic rings. The number of ether oxygens (including phenoxy) is 1. The van der Waals surface area contributed by atoms with Crippen molar-refractivity contribution < 1.29 is 14.7 Å². The Labute approximate surface area is 126 Å². The van der Waals surface area contributed by atoms with Gasteiger partial charge in [0, 0.05) is 17.4 Å². The second-order valence-corrected chi connectivity index (χ2v) is 5.95. The molecule has 1 aromatic carbocycles. The number of carbonyl (C=O) groups is 1. The highest BCUT2D eigenvalue weighted by atomic mass is 32.1. The fraction of sp³-hybridized carbons (Fsp3) is 0.250. The number of nitrogens with zero attached hydrogens (tertiary/aromatic N) is 1. The van der Waals surface area contributed by atoms with Crippen LogP contribution in [0.4, 0.5) is 0 Å². The van der Waals surface area contributed by atoms with Crippen LogP contribution in [-0.4, -0.2) is 24.3 Å². The lowest BCUT2D eigenvalue weighted by atomic mass is 9.80. The summed E-state index contributed by atoms with van der Waals surface area (Å²) in [5.74, 6) is 1.03. The highest BCUT2D eigenvalue weighted by molar-refractivity contribution is 7.12. The number of methoxy groups -OCH3 is 1. The van der Waals surface area contributed by atoms with E-state index < -0.39 is 0 Å². The molecule has 0 spiro atoms. The lowest BCUT2D eigenvalue weighted by Gasteiger charge is -2.24. The van der Waals surface area contributed by atoms with Crippen LogP contribution in [0.25, 0.3) is 0 Å². The van der Waals surface area contributed by atoms with Crippen molar-refractivity contribution in [1.82, 2.24) is 0 Å². The van der Waals surface area contributed by atoms with Crippen molar-refractivity contribution in [3.05, 3.63) is 51.2 Å². The van der Waals surface area contributed by atoms with Crippen LogP contribution in [0.2, 0.25) is 0 Å². The smallest absolute Gasteiger partial charge is 0.160 e. The minimum atomic E-state index is 0.211. The van der Waals surface area contributed by atoms with E-state index in [1.165, 1.54) is 11.3 Å². The number of fused-ring (bicyclic) bond motifs is 1. The van der Waals surface area contributed by atoms with Gasteiger partial charge in [0.1, 0.15) is 5.75 Å². The minimum absolute atomic E-state index is 0.211. The number of hydrogen-bond acceptors (Lipinski definition) is 5. The van der Waals surface area contributed by atoms with Crippen molar-refractivity contribution in [2.45, 2.75) is 18.8 Å². The Morgan fingerprint density at radius 3 is 2.71 bits per heavy atom. The molecule has 0 saturated carbocycles. The maximum atomic E-state index is 11.2. The summed E-state index contributed by atoms with van der Waals surface area (Å²) in [4.78, 5) is 11.9. The summed E-state index contributed by atoms with van der Waals surface area (Å²) in [5.41, 5.74) is 3.72. The minimum Gasteiger partial charge on any atom is -0.497 e. The monoisotopic (exact) mass is 301 g/mol. The summed E-state index contributed by atoms with van der Waals surface area (Å²) < 4.78 is 5.17. The molecular formula is C16H15NO3S. The second-order valence-electron chi connectivity index (χ2n) is 5.04. The number of benzene rings is 1. The van der Waals surface area contributed by atoms with Gasteiger partial charge in [-0.3, -0.25) is 4.79 Å². The van der Waals surface area contributed by atoms with E-state index in [1.54, 1.807) is 7.11 Å². The maximum absolute atomic E-state index is 11.2. The van der Waals surface area contributed by atoms with Crippen molar-refractivity contribution >= 4 is 23.3 Å². The van der Waals surface area contributed by atoms with Gasteiger partial charge in [0.2, 0.25) is 0 Å². The van der Waals surface area contributed by atoms with Gasteiger partial charge in [-0.2, -0.15) is 0 Å². The summed E-state index contributed by atoms with van der Waals surface area (Å²) in [5, 5.41) is 14.6. The van der Waals surface area contributed by atoms with E-state index in [2.05, 4.69) is 5.16 Å². The molecule has 108 valence electrons. The Morgan fingerprint density at radius 1 is 1.33 bits per heavy atom. The molecule has 1 heterocycles. The van der Waals surface area contributed by atoms with Gasteiger partial charge in [0.15, 0.2) is 6.29 Å². The Morgan fingerprint density at radius 2 is 2.10 bits per heavy atom. The van der Waals surface area contributed by atoms with Gasteiger partial charge in [-0.1, -0.05) is 17.3 Å². The third kappa shape index (κ3) is 2.45. The van der Waals surface area contributed by atoms with Crippen molar-refractivity contribution in [3.8, 4) is 5.75 Å². The Balaban J connectivity index is 1.97. The van der Waals surface area contributed by atoms with Crippen LogP contribution in [-0.2, 0) is 6.42 Å². The molecule has 1 aromatic heterocycles. The first kappa shape index (κ1) is 13.8. The number of hydrogen-bond donors (Lipinski definition) is 1. The first-order chi connectivity index (χ1) is 10.3. The van der Waals surface area contributed by atoms with Crippen molar-refractivity contribution in [2.75, 3.05) is 7.11 Å². The normalized spacial score (nSPS) is 19.3. The molecule has 4 nitrogen and oxygen atoms in total. The van der Waals surface area contributed by atoms with Crippen molar-refractivity contribution in [3.63, 3.8) is 0 Å². The van der Waals surface area contributed by atoms with Crippen molar-refractivity contribution in [2.24, 2.45) is 5.16 Å². The van der Waals surface area contributed by atoms with E-state index in [-0.39, 0.29) is 5.92 Å². The molecule has 1 aliphatic carbocycles. The second kappa shape index (κ2) is 5.69. The molecule has 0 amide bonds. The Kier molecular flexibility index (Phi) is 3.75. The lowest BCUT2D eigenvalue weighted by molar-refractivity contribution is 0.112. The zero-order chi connectivity index (χ0) is 14.8. The first-order valence-corrected chi connectivity index (χ1v) is 7.55. The molecule has 21 heavy (non-hydrogen) atoms. The van der Waals surface area contributed by atoms with Gasteiger partial charge in [0.25, 0.3) is 0 Å². The average molecular weight is 301 g/mol. The average Bonchev–Trinajstić information content (AvgIpc) is 2.97. The molecular weight excluding hydrogens is 286 g/mol. The van der Waals surface area contributed by atoms with Gasteiger partial charge in [-0.15, -0.1) is 11.3 Å². The molecule has 0 bridgehead atoms. The standard InChI is InChI=1S/C16H15NO3S/c1-20-12-4-2-10(3-5-12)11-6-13-14(15(7-11)17-19)9-21-16(13)8-18/h2-5,8-9,11,19H,6-7H2,1H3/b17-15+. The Hall–Kier alpha value is -2.14. The van der Waals surface area contributed by atoms with Crippen LogP contribution in [0.1, 0.15) is 38.7 Å². The molecule has 0 saturated heterocycles. The summed E-state index contributed by atoms with van der Waals surface area (Å²) in [6.07, 6.45) is 2.35. The van der Waals surface area contributed by atoms with Crippen LogP contribution in [0.5, 0.6) is 5.75 Å². The lowest BCUT2D eigenvalue weighted by Crippen LogP contribution is -2.19. The number of oxime groups is 1. The van der Waals surface area contributed by atoms with E-state index in [4.69, 9.17) is 4.74 Å². The molecule has 1 N–H and O–H groups in total. The van der Waals surface area contributed by atoms with Crippen LogP contribution >= 0.6 is 11.3 Å². The third-order valence-corrected chi connectivity index (χ3v) is 4.89. The topological polar surface area (TPSA) is 58.9 Å². The summed E-state index contributed by atoms with van der Waals surface area (Å²) in [6.45, 7) is 0. The summed E-state index contributed by atoms with van der Waals surface area (Å²) in [6, 6.07) is 7.90. The SMILES string of the molecule is COc1ccc(C2C/C(=N\O)c3csc(C=O)c3C2)cc1. The predicted molar refractivity (Wildman–Crippen MR) is 82.1 cm³/mol. The summed E-state index contributed by atoms with van der Waals surface area (Å²) >= 11 is 1.41. The molecule has 2 aromatic rings. The quantitative estimate of drug-likeness (QED) is 0.536. The van der Waals surface area contributed by atoms with Crippen LogP contribution in [0, 0.1) is 0 Å². The highest BCUT2D eigenvalue weighted by Crippen LogP contribution is 2.37. The van der Waals surface area contributed by atoms with Gasteiger partial charge in [0.05, 0.1) is 17.7 Å². The van der Waals surface area contributed by atoms with Crippen LogP contribution in [0.15, 0.2) is 34.8 Å². The van der Waals surface area contributed by atoms with E-state index in [0.29, 0.717) is 12.1 Å².